The molecule has 0 unspecified atom stereocenters. The van der Waals surface area contributed by atoms with E-state index in [1.54, 1.807) is 17.0 Å². The number of nitrogens with one attached hydrogen (secondary N) is 1. The van der Waals surface area contributed by atoms with Crippen LogP contribution in [0, 0.1) is 13.8 Å². The van der Waals surface area contributed by atoms with Crippen LogP contribution in [0.3, 0.4) is 0 Å². The Bertz CT molecular complexity index is 1040. The average Bonchev–Trinajstić information content (AvgIpc) is 3.10. The quantitative estimate of drug-likeness (QED) is 0.737. The van der Waals surface area contributed by atoms with Crippen LogP contribution in [0.25, 0.3) is 0 Å². The Morgan fingerprint density at radius 2 is 1.64 bits per heavy atom. The van der Waals surface area contributed by atoms with Gasteiger partial charge in [-0.25, -0.2) is 0 Å². The van der Waals surface area contributed by atoms with Gasteiger partial charge in [-0.3, -0.25) is 14.5 Å². The van der Waals surface area contributed by atoms with Gasteiger partial charge in [0.15, 0.2) is 0 Å². The van der Waals surface area contributed by atoms with Crippen LogP contribution in [0.15, 0.2) is 72.8 Å². The summed E-state index contributed by atoms with van der Waals surface area (Å²) in [4.78, 5) is 28.1. The van der Waals surface area contributed by atoms with Crippen molar-refractivity contribution in [2.45, 2.75) is 26.3 Å². The van der Waals surface area contributed by atoms with Gasteiger partial charge in [0.1, 0.15) is 6.04 Å². The molecule has 4 nitrogen and oxygen atoms in total. The molecule has 0 saturated carbocycles. The number of aryl methyl sites for hydroxylation is 2. The average molecular weight is 370 g/mol. The smallest absolute Gasteiger partial charge is 0.259 e. The number of nitrogens with zero attached hydrogens (tertiary/aromatic N) is 1. The van der Waals surface area contributed by atoms with Gasteiger partial charge in [-0.05, 0) is 54.8 Å². The van der Waals surface area contributed by atoms with Crippen molar-refractivity contribution in [3.8, 4) is 0 Å². The van der Waals surface area contributed by atoms with Gasteiger partial charge in [0, 0.05) is 23.4 Å². The summed E-state index contributed by atoms with van der Waals surface area (Å²) in [5, 5.41) is 3.03. The lowest BCUT2D eigenvalue weighted by atomic mass is 10.1. The Morgan fingerprint density at radius 3 is 2.43 bits per heavy atom. The first-order valence-electron chi connectivity index (χ1n) is 9.39. The molecule has 0 bridgehead atoms. The molecule has 0 radical (unpaired) electrons. The second-order valence-electron chi connectivity index (χ2n) is 7.20. The van der Waals surface area contributed by atoms with Gasteiger partial charge in [-0.2, -0.15) is 0 Å². The van der Waals surface area contributed by atoms with E-state index >= 15 is 0 Å². The molecular formula is C24H22N2O2. The lowest BCUT2D eigenvalue weighted by molar-refractivity contribution is -0.117. The summed E-state index contributed by atoms with van der Waals surface area (Å²) in [6.07, 6.45) is 0.505. The van der Waals surface area contributed by atoms with Crippen LogP contribution in [0.4, 0.5) is 11.4 Å². The molecule has 140 valence electrons. The third-order valence-corrected chi connectivity index (χ3v) is 5.17. The Balaban J connectivity index is 1.68. The van der Waals surface area contributed by atoms with E-state index in [2.05, 4.69) is 5.32 Å². The van der Waals surface area contributed by atoms with E-state index in [-0.39, 0.29) is 11.8 Å². The number of benzene rings is 3. The van der Waals surface area contributed by atoms with Crippen LogP contribution in [0.2, 0.25) is 0 Å². The van der Waals surface area contributed by atoms with Crippen LogP contribution < -0.4 is 10.2 Å². The molecule has 1 aliphatic rings. The van der Waals surface area contributed by atoms with Crippen molar-refractivity contribution in [2.24, 2.45) is 0 Å². The van der Waals surface area contributed by atoms with Crippen molar-refractivity contribution in [1.82, 2.24) is 0 Å². The molecule has 1 heterocycles. The Morgan fingerprint density at radius 1 is 0.929 bits per heavy atom. The minimum atomic E-state index is -0.579. The Kier molecular flexibility index (Phi) is 4.70. The summed E-state index contributed by atoms with van der Waals surface area (Å²) in [5.41, 5.74) is 5.24. The predicted octanol–water partition coefficient (Wildman–Crippen LogP) is 4.51. The standard InChI is InChI=1S/C24H22N2O2/c1-16-12-13-17(2)20(14-16)25-23(27)22-15-19-10-6-7-11-21(19)26(22)24(28)18-8-4-3-5-9-18/h3-14,22H,15H2,1-2H3,(H,25,27)/t22-/m1/s1. The molecule has 1 aliphatic heterocycles. The molecule has 1 atom stereocenters. The molecule has 0 fully saturated rings. The summed E-state index contributed by atoms with van der Waals surface area (Å²) >= 11 is 0. The fourth-order valence-corrected chi connectivity index (χ4v) is 3.65. The summed E-state index contributed by atoms with van der Waals surface area (Å²) in [5.74, 6) is -0.333. The highest BCUT2D eigenvalue weighted by molar-refractivity contribution is 6.13. The zero-order valence-electron chi connectivity index (χ0n) is 16.0. The van der Waals surface area contributed by atoms with Crippen molar-refractivity contribution < 1.29 is 9.59 Å². The predicted molar refractivity (Wildman–Crippen MR) is 112 cm³/mol. The maximum atomic E-state index is 13.2. The molecule has 1 N–H and O–H groups in total. The molecule has 2 amide bonds. The molecular weight excluding hydrogens is 348 g/mol. The molecule has 3 aromatic rings. The van der Waals surface area contributed by atoms with Gasteiger partial charge >= 0.3 is 0 Å². The van der Waals surface area contributed by atoms with Crippen molar-refractivity contribution in [2.75, 3.05) is 10.2 Å². The lowest BCUT2D eigenvalue weighted by Gasteiger charge is -2.25. The molecule has 28 heavy (non-hydrogen) atoms. The van der Waals surface area contributed by atoms with Gasteiger partial charge in [0.05, 0.1) is 0 Å². The number of anilines is 2. The number of hydrogen-bond acceptors (Lipinski definition) is 2. The number of rotatable bonds is 3. The number of fused-ring (bicyclic) bond motifs is 1. The summed E-state index contributed by atoms with van der Waals surface area (Å²) in [6.45, 7) is 3.96. The highest BCUT2D eigenvalue weighted by Crippen LogP contribution is 2.34. The Hall–Kier alpha value is -3.40. The SMILES string of the molecule is Cc1ccc(C)c(NC(=O)[C@H]2Cc3ccccc3N2C(=O)c2ccccc2)c1. The number of carbonyl (C=O) groups is 2. The summed E-state index contributed by atoms with van der Waals surface area (Å²) in [7, 11) is 0. The summed E-state index contributed by atoms with van der Waals surface area (Å²) in [6, 6.07) is 22.2. The second-order valence-corrected chi connectivity index (χ2v) is 7.20. The number of carbonyl (C=O) groups excluding carboxylic acids is 2. The summed E-state index contributed by atoms with van der Waals surface area (Å²) < 4.78 is 0. The van der Waals surface area contributed by atoms with E-state index < -0.39 is 6.04 Å². The van der Waals surface area contributed by atoms with Gasteiger partial charge in [-0.15, -0.1) is 0 Å². The fourth-order valence-electron chi connectivity index (χ4n) is 3.65. The van der Waals surface area contributed by atoms with Crippen LogP contribution in [0.5, 0.6) is 0 Å². The highest BCUT2D eigenvalue weighted by Gasteiger charge is 2.38. The first-order valence-corrected chi connectivity index (χ1v) is 9.39. The largest absolute Gasteiger partial charge is 0.324 e. The zero-order valence-corrected chi connectivity index (χ0v) is 16.0. The topological polar surface area (TPSA) is 49.4 Å². The van der Waals surface area contributed by atoms with E-state index in [4.69, 9.17) is 0 Å². The van der Waals surface area contributed by atoms with E-state index in [0.717, 1.165) is 28.1 Å². The van der Waals surface area contributed by atoms with E-state index in [0.29, 0.717) is 12.0 Å². The third-order valence-electron chi connectivity index (χ3n) is 5.17. The monoisotopic (exact) mass is 370 g/mol. The van der Waals surface area contributed by atoms with Gasteiger partial charge < -0.3 is 5.32 Å². The zero-order chi connectivity index (χ0) is 19.7. The highest BCUT2D eigenvalue weighted by atomic mass is 16.2. The lowest BCUT2D eigenvalue weighted by Crippen LogP contribution is -2.45. The van der Waals surface area contributed by atoms with E-state index in [9.17, 15) is 9.59 Å². The number of para-hydroxylation sites is 1. The van der Waals surface area contributed by atoms with Crippen LogP contribution >= 0.6 is 0 Å². The van der Waals surface area contributed by atoms with Crippen LogP contribution in [0.1, 0.15) is 27.0 Å². The van der Waals surface area contributed by atoms with E-state index in [1.165, 1.54) is 0 Å². The Labute approximate surface area is 164 Å². The maximum Gasteiger partial charge on any atom is 0.259 e. The minimum Gasteiger partial charge on any atom is -0.324 e. The van der Waals surface area contributed by atoms with Crippen molar-refractivity contribution in [1.29, 1.82) is 0 Å². The number of amides is 2. The van der Waals surface area contributed by atoms with Crippen molar-refractivity contribution >= 4 is 23.2 Å². The van der Waals surface area contributed by atoms with Gasteiger partial charge in [-0.1, -0.05) is 48.5 Å². The number of hydrogen-bond donors (Lipinski definition) is 1. The maximum absolute atomic E-state index is 13.2. The molecule has 4 heteroatoms. The van der Waals surface area contributed by atoms with Crippen LogP contribution in [-0.2, 0) is 11.2 Å². The first kappa shape index (κ1) is 18.0. The molecule has 0 aliphatic carbocycles. The van der Waals surface area contributed by atoms with E-state index in [1.807, 2.05) is 74.5 Å². The fraction of sp³-hybridized carbons (Fsp3) is 0.167. The first-order chi connectivity index (χ1) is 13.5. The molecule has 0 saturated heterocycles. The van der Waals surface area contributed by atoms with Crippen molar-refractivity contribution in [3.05, 3.63) is 95.1 Å². The molecule has 0 aromatic heterocycles. The minimum absolute atomic E-state index is 0.160. The molecule has 3 aromatic carbocycles. The van der Waals surface area contributed by atoms with Gasteiger partial charge in [0.2, 0.25) is 5.91 Å². The van der Waals surface area contributed by atoms with Crippen LogP contribution in [-0.4, -0.2) is 17.9 Å². The third kappa shape index (κ3) is 3.29. The van der Waals surface area contributed by atoms with Gasteiger partial charge in [0.25, 0.3) is 5.91 Å². The normalized spacial score (nSPS) is 15.2. The van der Waals surface area contributed by atoms with Crippen molar-refractivity contribution in [3.63, 3.8) is 0 Å². The second kappa shape index (κ2) is 7.31. The molecule has 0 spiro atoms. The molecule has 4 rings (SSSR count).